The molecule has 1 atom stereocenters. The zero-order valence-corrected chi connectivity index (χ0v) is 9.57. The molecule has 0 bridgehead atoms. The molecule has 5 heteroatoms. The Bertz CT molecular complexity index is 496. The van der Waals surface area contributed by atoms with Crippen molar-refractivity contribution in [2.75, 3.05) is 16.8 Å². The van der Waals surface area contributed by atoms with Gasteiger partial charge in [0.25, 0.3) is 0 Å². The molecule has 0 aliphatic carbocycles. The van der Waals surface area contributed by atoms with Gasteiger partial charge in [0.1, 0.15) is 5.52 Å². The summed E-state index contributed by atoms with van der Waals surface area (Å²) in [7, 11) is 0. The van der Waals surface area contributed by atoms with Gasteiger partial charge in [0, 0.05) is 11.8 Å². The van der Waals surface area contributed by atoms with Gasteiger partial charge < -0.3 is 5.32 Å². The number of aromatic nitrogens is 3. The first-order valence-corrected chi connectivity index (χ1v) is 6.51. The van der Waals surface area contributed by atoms with E-state index in [1.54, 1.807) is 0 Å². The second-order valence-corrected chi connectivity index (χ2v) is 4.98. The molecule has 3 rings (SSSR count). The van der Waals surface area contributed by atoms with Gasteiger partial charge in [-0.2, -0.15) is 11.8 Å². The van der Waals surface area contributed by atoms with Crippen LogP contribution in [-0.2, 0) is 0 Å². The Morgan fingerprint density at radius 2 is 2.06 bits per heavy atom. The fourth-order valence-corrected chi connectivity index (χ4v) is 2.93. The third-order valence-corrected chi connectivity index (χ3v) is 3.79. The Morgan fingerprint density at radius 3 is 2.88 bits per heavy atom. The summed E-state index contributed by atoms with van der Waals surface area (Å²) in [4.78, 5) is 4.44. The highest BCUT2D eigenvalue weighted by atomic mass is 32.2. The number of thioether (sulfide) groups is 1. The predicted molar refractivity (Wildman–Crippen MR) is 66.7 cm³/mol. The maximum atomic E-state index is 4.44. The molecular formula is C11H12N4S. The Hall–Kier alpha value is -1.36. The maximum absolute atomic E-state index is 4.44. The number of rotatable bonds is 2. The average molecular weight is 232 g/mol. The highest BCUT2D eigenvalue weighted by Gasteiger charge is 2.16. The molecule has 1 aromatic heterocycles. The van der Waals surface area contributed by atoms with Gasteiger partial charge in [-0.05, 0) is 24.3 Å². The number of fused-ring (bicyclic) bond motifs is 1. The molecule has 1 unspecified atom stereocenters. The smallest absolute Gasteiger partial charge is 0.243 e. The van der Waals surface area contributed by atoms with Crippen molar-refractivity contribution in [1.29, 1.82) is 0 Å². The quantitative estimate of drug-likeness (QED) is 0.857. The Balaban J connectivity index is 1.86. The standard InChI is InChI=1S/C11H12N4S/c1-2-4-10-9(3-1)13-11(15-14-10)12-8-5-6-16-7-8/h1-4,8H,5-7H2,(H,12,13,15). The van der Waals surface area contributed by atoms with Gasteiger partial charge in [-0.15, -0.1) is 10.2 Å². The number of nitrogens with one attached hydrogen (secondary N) is 1. The van der Waals surface area contributed by atoms with Crippen LogP contribution in [0.15, 0.2) is 24.3 Å². The minimum atomic E-state index is 0.493. The normalized spacial score (nSPS) is 20.1. The van der Waals surface area contributed by atoms with Gasteiger partial charge in [0.15, 0.2) is 0 Å². The average Bonchev–Trinajstić information content (AvgIpc) is 2.82. The van der Waals surface area contributed by atoms with Gasteiger partial charge in [-0.1, -0.05) is 12.1 Å². The lowest BCUT2D eigenvalue weighted by Gasteiger charge is -2.10. The molecule has 0 radical (unpaired) electrons. The van der Waals surface area contributed by atoms with Crippen LogP contribution in [0.25, 0.3) is 11.0 Å². The third kappa shape index (κ3) is 1.95. The molecule has 4 nitrogen and oxygen atoms in total. The molecule has 0 spiro atoms. The fraction of sp³-hybridized carbons (Fsp3) is 0.364. The van der Waals surface area contributed by atoms with Gasteiger partial charge in [-0.25, -0.2) is 4.98 Å². The first-order chi connectivity index (χ1) is 7.92. The largest absolute Gasteiger partial charge is 0.349 e. The summed E-state index contributed by atoms with van der Waals surface area (Å²) < 4.78 is 0. The monoisotopic (exact) mass is 232 g/mol. The summed E-state index contributed by atoms with van der Waals surface area (Å²) in [5.41, 5.74) is 1.74. The molecule has 1 aromatic carbocycles. The highest BCUT2D eigenvalue weighted by molar-refractivity contribution is 7.99. The summed E-state index contributed by atoms with van der Waals surface area (Å²) >= 11 is 1.97. The molecule has 2 aromatic rings. The molecule has 1 aliphatic rings. The highest BCUT2D eigenvalue weighted by Crippen LogP contribution is 2.20. The molecule has 0 amide bonds. The lowest BCUT2D eigenvalue weighted by atomic mass is 10.3. The summed E-state index contributed by atoms with van der Waals surface area (Å²) in [6, 6.07) is 8.28. The minimum Gasteiger partial charge on any atom is -0.349 e. The van der Waals surface area contributed by atoms with Crippen LogP contribution < -0.4 is 5.32 Å². The van der Waals surface area contributed by atoms with Gasteiger partial charge in [0.2, 0.25) is 5.95 Å². The van der Waals surface area contributed by atoms with E-state index in [2.05, 4.69) is 20.5 Å². The maximum Gasteiger partial charge on any atom is 0.243 e. The van der Waals surface area contributed by atoms with Gasteiger partial charge >= 0.3 is 0 Å². The van der Waals surface area contributed by atoms with E-state index < -0.39 is 0 Å². The van der Waals surface area contributed by atoms with E-state index >= 15 is 0 Å². The number of hydrogen-bond acceptors (Lipinski definition) is 5. The molecule has 1 saturated heterocycles. The van der Waals surface area contributed by atoms with E-state index in [1.165, 1.54) is 12.2 Å². The van der Waals surface area contributed by atoms with Crippen LogP contribution in [-0.4, -0.2) is 32.7 Å². The first-order valence-electron chi connectivity index (χ1n) is 5.35. The van der Waals surface area contributed by atoms with Crippen LogP contribution in [0, 0.1) is 0 Å². The van der Waals surface area contributed by atoms with Crippen LogP contribution >= 0.6 is 11.8 Å². The van der Waals surface area contributed by atoms with E-state index in [0.717, 1.165) is 16.8 Å². The van der Waals surface area contributed by atoms with Crippen molar-refractivity contribution in [1.82, 2.24) is 15.2 Å². The summed E-state index contributed by atoms with van der Waals surface area (Å²) in [5.74, 6) is 3.00. The minimum absolute atomic E-state index is 0.493. The van der Waals surface area contributed by atoms with Crippen molar-refractivity contribution in [3.63, 3.8) is 0 Å². The SMILES string of the molecule is c1ccc2nc(NC3CCSC3)nnc2c1. The molecule has 1 fully saturated rings. The number of benzene rings is 1. The van der Waals surface area contributed by atoms with Crippen molar-refractivity contribution >= 4 is 28.7 Å². The molecule has 1 aliphatic heterocycles. The van der Waals surface area contributed by atoms with E-state index in [1.807, 2.05) is 36.0 Å². The summed E-state index contributed by atoms with van der Waals surface area (Å²) in [5, 5.41) is 11.6. The van der Waals surface area contributed by atoms with E-state index in [-0.39, 0.29) is 0 Å². The van der Waals surface area contributed by atoms with Crippen molar-refractivity contribution < 1.29 is 0 Å². The number of para-hydroxylation sites is 1. The molecule has 82 valence electrons. The topological polar surface area (TPSA) is 50.7 Å². The lowest BCUT2D eigenvalue weighted by molar-refractivity contribution is 0.792. The predicted octanol–water partition coefficient (Wildman–Crippen LogP) is 1.94. The molecule has 0 saturated carbocycles. The molecular weight excluding hydrogens is 220 g/mol. The lowest BCUT2D eigenvalue weighted by Crippen LogP contribution is -2.20. The van der Waals surface area contributed by atoms with E-state index in [0.29, 0.717) is 12.0 Å². The second kappa shape index (κ2) is 4.25. The first kappa shape index (κ1) is 9.84. The van der Waals surface area contributed by atoms with Crippen molar-refractivity contribution in [2.24, 2.45) is 0 Å². The van der Waals surface area contributed by atoms with E-state index in [9.17, 15) is 0 Å². The molecule has 1 N–H and O–H groups in total. The summed E-state index contributed by atoms with van der Waals surface area (Å²) in [6.07, 6.45) is 1.18. The number of hydrogen-bond donors (Lipinski definition) is 1. The molecule has 16 heavy (non-hydrogen) atoms. The zero-order chi connectivity index (χ0) is 10.8. The van der Waals surface area contributed by atoms with Crippen molar-refractivity contribution in [2.45, 2.75) is 12.5 Å². The van der Waals surface area contributed by atoms with E-state index in [4.69, 9.17) is 0 Å². The van der Waals surface area contributed by atoms with Gasteiger partial charge in [-0.3, -0.25) is 0 Å². The summed E-state index contributed by atoms with van der Waals surface area (Å²) in [6.45, 7) is 0. The Kier molecular flexibility index (Phi) is 2.61. The van der Waals surface area contributed by atoms with Gasteiger partial charge in [0.05, 0.1) is 5.52 Å². The second-order valence-electron chi connectivity index (χ2n) is 3.83. The van der Waals surface area contributed by atoms with Crippen LogP contribution in [0.4, 0.5) is 5.95 Å². The Morgan fingerprint density at radius 1 is 1.19 bits per heavy atom. The van der Waals surface area contributed by atoms with Crippen LogP contribution in [0.2, 0.25) is 0 Å². The van der Waals surface area contributed by atoms with Crippen LogP contribution in [0.3, 0.4) is 0 Å². The fourth-order valence-electron chi connectivity index (χ4n) is 1.77. The van der Waals surface area contributed by atoms with Crippen molar-refractivity contribution in [3.8, 4) is 0 Å². The van der Waals surface area contributed by atoms with Crippen LogP contribution in [0.5, 0.6) is 0 Å². The number of nitrogens with zero attached hydrogens (tertiary/aromatic N) is 3. The number of anilines is 1. The Labute approximate surface area is 97.9 Å². The third-order valence-electron chi connectivity index (χ3n) is 2.62. The zero-order valence-electron chi connectivity index (χ0n) is 8.76. The van der Waals surface area contributed by atoms with Crippen LogP contribution in [0.1, 0.15) is 6.42 Å². The van der Waals surface area contributed by atoms with Crippen molar-refractivity contribution in [3.05, 3.63) is 24.3 Å². The molecule has 2 heterocycles.